The van der Waals surface area contributed by atoms with E-state index in [0.717, 1.165) is 0 Å². The van der Waals surface area contributed by atoms with Crippen molar-refractivity contribution in [2.75, 3.05) is 20.8 Å². The highest BCUT2D eigenvalue weighted by molar-refractivity contribution is 6.13. The van der Waals surface area contributed by atoms with Crippen LogP contribution in [0.4, 0.5) is 0 Å². The Morgan fingerprint density at radius 1 is 1.04 bits per heavy atom. The van der Waals surface area contributed by atoms with Crippen molar-refractivity contribution in [1.29, 1.82) is 0 Å². The number of benzene rings is 2. The number of ether oxygens (including phenoxy) is 3. The molecule has 5 nitrogen and oxygen atoms in total. The van der Waals surface area contributed by atoms with E-state index in [0.29, 0.717) is 23.7 Å². The number of carbonyl (C=O) groups is 1. The fourth-order valence-corrected chi connectivity index (χ4v) is 2.26. The second-order valence-electron chi connectivity index (χ2n) is 4.61. The van der Waals surface area contributed by atoms with Crippen molar-refractivity contribution in [3.8, 4) is 17.2 Å². The van der Waals surface area contributed by atoms with Crippen LogP contribution in [0.25, 0.3) is 0 Å². The molecular weight excluding hydrogens is 296 g/mol. The molecule has 0 spiro atoms. The molecule has 0 aliphatic carbocycles. The predicted molar refractivity (Wildman–Crippen MR) is 85.4 cm³/mol. The van der Waals surface area contributed by atoms with E-state index in [-0.39, 0.29) is 22.7 Å². The van der Waals surface area contributed by atoms with E-state index in [1.54, 1.807) is 36.6 Å². The van der Waals surface area contributed by atoms with Gasteiger partial charge in [-0.2, -0.15) is 0 Å². The minimum Gasteiger partial charge on any atom is -0.496 e. The van der Waals surface area contributed by atoms with Gasteiger partial charge in [0.05, 0.1) is 26.4 Å². The summed E-state index contributed by atoms with van der Waals surface area (Å²) >= 11 is 0. The van der Waals surface area contributed by atoms with Crippen molar-refractivity contribution in [2.45, 2.75) is 6.92 Å². The van der Waals surface area contributed by atoms with Gasteiger partial charge in [-0.15, -0.1) is 0 Å². The van der Waals surface area contributed by atoms with E-state index in [4.69, 9.17) is 14.2 Å². The van der Waals surface area contributed by atoms with Gasteiger partial charge in [-0.05, 0) is 43.3 Å². The van der Waals surface area contributed by atoms with Gasteiger partial charge >= 0.3 is 0 Å². The summed E-state index contributed by atoms with van der Waals surface area (Å²) in [6, 6.07) is 9.79. The van der Waals surface area contributed by atoms with Crippen molar-refractivity contribution >= 4 is 12.1 Å². The molecule has 2 rings (SSSR count). The molecule has 0 bridgehead atoms. The van der Waals surface area contributed by atoms with Crippen LogP contribution < -0.4 is 14.2 Å². The predicted octanol–water partition coefficient (Wildman–Crippen LogP) is 2.79. The first kappa shape index (κ1) is 16.5. The van der Waals surface area contributed by atoms with Crippen molar-refractivity contribution in [3.63, 3.8) is 0 Å². The molecule has 1 radical (unpaired) electrons. The summed E-state index contributed by atoms with van der Waals surface area (Å²) in [7, 11) is 2.85. The molecule has 2 aromatic carbocycles. The molecule has 0 N–H and O–H groups in total. The van der Waals surface area contributed by atoms with Crippen LogP contribution in [0, 0.1) is 0 Å². The number of rotatable bonds is 7. The van der Waals surface area contributed by atoms with E-state index in [1.807, 2.05) is 6.92 Å². The highest BCUT2D eigenvalue weighted by Gasteiger charge is 2.23. The first-order valence-corrected chi connectivity index (χ1v) is 7.06. The molecule has 0 saturated carbocycles. The van der Waals surface area contributed by atoms with Crippen LogP contribution in [0.1, 0.15) is 28.4 Å². The zero-order chi connectivity index (χ0) is 16.8. The fourth-order valence-electron chi connectivity index (χ4n) is 2.26. The highest BCUT2D eigenvalue weighted by Crippen LogP contribution is 2.33. The number of carbonyl (C=O) groups excluding carboxylic acids is 2. The third kappa shape index (κ3) is 3.34. The average molecular weight is 313 g/mol. The van der Waals surface area contributed by atoms with Crippen LogP contribution in [-0.2, 0) is 4.79 Å². The van der Waals surface area contributed by atoms with Gasteiger partial charge in [0, 0.05) is 5.56 Å². The van der Waals surface area contributed by atoms with Crippen molar-refractivity contribution in [3.05, 3.63) is 53.1 Å². The molecule has 0 aliphatic heterocycles. The van der Waals surface area contributed by atoms with Gasteiger partial charge in [0.25, 0.3) is 0 Å². The molecule has 0 unspecified atom stereocenters. The summed E-state index contributed by atoms with van der Waals surface area (Å²) in [5.74, 6) is 0.856. The third-order valence-corrected chi connectivity index (χ3v) is 3.31. The zero-order valence-electron chi connectivity index (χ0n) is 13.2. The minimum absolute atomic E-state index is 0.151. The highest BCUT2D eigenvalue weighted by atomic mass is 16.5. The molecule has 0 saturated heterocycles. The molecule has 0 atom stereocenters. The van der Waals surface area contributed by atoms with Gasteiger partial charge in [-0.3, -0.25) is 9.59 Å². The SMILES string of the molecule is CCOc1ccc(C(=O)c2c(OC)ccc([C]=O)c2OC)cc1. The Kier molecular flexibility index (Phi) is 5.36. The van der Waals surface area contributed by atoms with Gasteiger partial charge in [-0.1, -0.05) is 0 Å². The maximum absolute atomic E-state index is 12.8. The molecule has 23 heavy (non-hydrogen) atoms. The zero-order valence-corrected chi connectivity index (χ0v) is 13.2. The van der Waals surface area contributed by atoms with Crippen molar-refractivity contribution in [2.24, 2.45) is 0 Å². The third-order valence-electron chi connectivity index (χ3n) is 3.31. The Bertz CT molecular complexity index is 704. The van der Waals surface area contributed by atoms with Crippen LogP contribution in [0.2, 0.25) is 0 Å². The largest absolute Gasteiger partial charge is 0.496 e. The number of methoxy groups -OCH3 is 2. The average Bonchev–Trinajstić information content (AvgIpc) is 2.60. The topological polar surface area (TPSA) is 61.8 Å². The van der Waals surface area contributed by atoms with Gasteiger partial charge < -0.3 is 14.2 Å². The number of ketones is 1. The Morgan fingerprint density at radius 3 is 2.26 bits per heavy atom. The Morgan fingerprint density at radius 2 is 1.74 bits per heavy atom. The summed E-state index contributed by atoms with van der Waals surface area (Å²) < 4.78 is 15.8. The molecule has 0 fully saturated rings. The van der Waals surface area contributed by atoms with Crippen molar-refractivity contribution in [1.82, 2.24) is 0 Å². The van der Waals surface area contributed by atoms with E-state index in [2.05, 4.69) is 0 Å². The van der Waals surface area contributed by atoms with E-state index < -0.39 is 0 Å². The molecular formula is C18H17O5. The van der Waals surface area contributed by atoms with E-state index in [1.165, 1.54) is 20.3 Å². The lowest BCUT2D eigenvalue weighted by molar-refractivity contribution is 0.103. The summed E-state index contributed by atoms with van der Waals surface area (Å²) in [6.45, 7) is 2.43. The standard InChI is InChI=1S/C18H17O5/c1-4-23-14-8-5-12(6-9-14)17(20)16-15(21-2)10-7-13(11-19)18(16)22-3/h5-10H,4H2,1-3H3. The summed E-state index contributed by atoms with van der Waals surface area (Å²) in [6.07, 6.45) is 1.77. The maximum atomic E-state index is 12.8. The molecule has 119 valence electrons. The van der Waals surface area contributed by atoms with Gasteiger partial charge in [-0.25, -0.2) is 0 Å². The lowest BCUT2D eigenvalue weighted by Gasteiger charge is -2.14. The van der Waals surface area contributed by atoms with E-state index >= 15 is 0 Å². The smallest absolute Gasteiger partial charge is 0.237 e. The van der Waals surface area contributed by atoms with Crippen LogP contribution >= 0.6 is 0 Å². The van der Waals surface area contributed by atoms with Crippen molar-refractivity contribution < 1.29 is 23.8 Å². The summed E-state index contributed by atoms with van der Waals surface area (Å²) in [4.78, 5) is 23.9. The van der Waals surface area contributed by atoms with Crippen LogP contribution in [0.5, 0.6) is 17.2 Å². The number of hydrogen-bond donors (Lipinski definition) is 0. The molecule has 0 heterocycles. The first-order chi connectivity index (χ1) is 11.2. The van der Waals surface area contributed by atoms with Crippen LogP contribution in [0.3, 0.4) is 0 Å². The van der Waals surface area contributed by atoms with E-state index in [9.17, 15) is 9.59 Å². The fraction of sp³-hybridized carbons (Fsp3) is 0.222. The lowest BCUT2D eigenvalue weighted by Crippen LogP contribution is -2.08. The number of hydrogen-bond acceptors (Lipinski definition) is 5. The van der Waals surface area contributed by atoms with Gasteiger partial charge in [0.15, 0.2) is 0 Å². The lowest BCUT2D eigenvalue weighted by atomic mass is 9.99. The Hall–Kier alpha value is -2.82. The monoisotopic (exact) mass is 313 g/mol. The molecule has 2 aromatic rings. The molecule has 0 aliphatic rings. The van der Waals surface area contributed by atoms with Crippen LogP contribution in [0.15, 0.2) is 36.4 Å². The Balaban J connectivity index is 2.50. The Labute approximate surface area is 134 Å². The normalized spacial score (nSPS) is 10.0. The van der Waals surface area contributed by atoms with Crippen LogP contribution in [-0.4, -0.2) is 32.9 Å². The minimum atomic E-state index is -0.307. The summed E-state index contributed by atoms with van der Waals surface area (Å²) in [5.41, 5.74) is 0.802. The first-order valence-electron chi connectivity index (χ1n) is 7.06. The molecule has 0 amide bonds. The molecule has 0 aromatic heterocycles. The van der Waals surface area contributed by atoms with Gasteiger partial charge in [0.1, 0.15) is 22.8 Å². The second kappa shape index (κ2) is 7.45. The quantitative estimate of drug-likeness (QED) is 0.736. The van der Waals surface area contributed by atoms with Gasteiger partial charge in [0.2, 0.25) is 12.1 Å². The maximum Gasteiger partial charge on any atom is 0.237 e. The summed E-state index contributed by atoms with van der Waals surface area (Å²) in [5, 5.41) is 0. The second-order valence-corrected chi connectivity index (χ2v) is 4.61. The molecule has 5 heteroatoms.